The number of hydrogen-bond donors (Lipinski definition) is 0. The summed E-state index contributed by atoms with van der Waals surface area (Å²) in [7, 11) is 0. The maximum absolute atomic E-state index is 12.7. The zero-order chi connectivity index (χ0) is 20.1. The Bertz CT molecular complexity index is 1070. The highest BCUT2D eigenvalue weighted by molar-refractivity contribution is 6.30. The molecule has 0 spiro atoms. The molecule has 1 atom stereocenters. The third kappa shape index (κ3) is 4.64. The van der Waals surface area contributed by atoms with Gasteiger partial charge in [-0.2, -0.15) is 4.98 Å². The van der Waals surface area contributed by atoms with E-state index in [1.54, 1.807) is 24.3 Å². The number of rotatable bonds is 7. The van der Waals surface area contributed by atoms with E-state index in [-0.39, 0.29) is 12.5 Å². The summed E-state index contributed by atoms with van der Waals surface area (Å²) < 4.78 is 11.9. The van der Waals surface area contributed by atoms with E-state index in [0.717, 1.165) is 11.1 Å². The second kappa shape index (κ2) is 8.61. The first-order valence-corrected chi connectivity index (χ1v) is 9.08. The van der Waals surface area contributed by atoms with Gasteiger partial charge >= 0.3 is 5.97 Å². The second-order valence-electron chi connectivity index (χ2n) is 6.12. The number of esters is 1. The van der Waals surface area contributed by atoms with E-state index in [2.05, 4.69) is 25.7 Å². The second-order valence-corrected chi connectivity index (χ2v) is 6.56. The average molecular weight is 411 g/mol. The number of benzene rings is 2. The maximum Gasteiger partial charge on any atom is 0.331 e. The minimum Gasteiger partial charge on any atom is -0.454 e. The summed E-state index contributed by atoms with van der Waals surface area (Å²) >= 11 is 5.88. The lowest BCUT2D eigenvalue weighted by molar-refractivity contribution is -0.150. The Morgan fingerprint density at radius 2 is 1.93 bits per heavy atom. The third-order valence-corrected chi connectivity index (χ3v) is 4.39. The molecule has 29 heavy (non-hydrogen) atoms. The van der Waals surface area contributed by atoms with Crippen LogP contribution >= 0.6 is 11.6 Å². The van der Waals surface area contributed by atoms with Gasteiger partial charge in [-0.05, 0) is 40.3 Å². The Hall–Kier alpha value is -3.59. The van der Waals surface area contributed by atoms with Crippen molar-refractivity contribution in [3.05, 3.63) is 77.4 Å². The number of hydrogen-bond acceptors (Lipinski definition) is 8. The third-order valence-electron chi connectivity index (χ3n) is 4.14. The molecule has 0 aliphatic rings. The molecule has 4 aromatic rings. The summed E-state index contributed by atoms with van der Waals surface area (Å²) in [5, 5.41) is 15.5. The molecule has 2 heterocycles. The lowest BCUT2D eigenvalue weighted by Gasteiger charge is -2.14. The predicted molar refractivity (Wildman–Crippen MR) is 102 cm³/mol. The minimum absolute atomic E-state index is 0.160. The summed E-state index contributed by atoms with van der Waals surface area (Å²) in [5.41, 5.74) is 1.69. The van der Waals surface area contributed by atoms with E-state index < -0.39 is 12.0 Å². The molecular weight excluding hydrogens is 396 g/mol. The first-order chi connectivity index (χ1) is 14.2. The van der Waals surface area contributed by atoms with Crippen molar-refractivity contribution in [3.63, 3.8) is 0 Å². The molecule has 10 heteroatoms. The topological polar surface area (TPSA) is 109 Å². The molecule has 0 aliphatic carbocycles. The fraction of sp³-hybridized carbons (Fsp3) is 0.158. The highest BCUT2D eigenvalue weighted by Gasteiger charge is 2.25. The van der Waals surface area contributed by atoms with Crippen molar-refractivity contribution in [2.24, 2.45) is 0 Å². The molecule has 0 unspecified atom stereocenters. The summed E-state index contributed by atoms with van der Waals surface area (Å²) in [6, 6.07) is 15.8. The van der Waals surface area contributed by atoms with Crippen molar-refractivity contribution in [1.29, 1.82) is 0 Å². The van der Waals surface area contributed by atoms with Gasteiger partial charge in [-0.25, -0.2) is 9.48 Å². The number of halogens is 1. The van der Waals surface area contributed by atoms with Crippen LogP contribution in [0.1, 0.15) is 17.5 Å². The smallest absolute Gasteiger partial charge is 0.331 e. The molecule has 2 aromatic heterocycles. The Morgan fingerprint density at radius 3 is 2.66 bits per heavy atom. The van der Waals surface area contributed by atoms with E-state index >= 15 is 0 Å². The molecule has 146 valence electrons. The van der Waals surface area contributed by atoms with E-state index in [1.807, 2.05) is 30.3 Å². The quantitative estimate of drug-likeness (QED) is 0.428. The van der Waals surface area contributed by atoms with Gasteiger partial charge in [-0.15, -0.1) is 5.10 Å². The molecule has 0 N–H and O–H groups in total. The first-order valence-electron chi connectivity index (χ1n) is 8.70. The zero-order valence-electron chi connectivity index (χ0n) is 15.1. The predicted octanol–water partition coefficient (Wildman–Crippen LogP) is 2.90. The largest absolute Gasteiger partial charge is 0.454 e. The fourth-order valence-electron chi connectivity index (χ4n) is 2.69. The number of nitrogens with zero attached hydrogens (tertiary/aromatic N) is 6. The molecule has 2 aromatic carbocycles. The Kier molecular flexibility index (Phi) is 5.57. The van der Waals surface area contributed by atoms with Crippen molar-refractivity contribution < 1.29 is 14.1 Å². The van der Waals surface area contributed by atoms with E-state index in [1.165, 1.54) is 11.0 Å². The van der Waals surface area contributed by atoms with Gasteiger partial charge in [0.15, 0.2) is 12.6 Å². The van der Waals surface area contributed by atoms with E-state index in [4.69, 9.17) is 20.9 Å². The molecule has 0 aliphatic heterocycles. The molecule has 9 nitrogen and oxygen atoms in total. The lowest BCUT2D eigenvalue weighted by Crippen LogP contribution is -2.24. The normalized spacial score (nSPS) is 11.9. The van der Waals surface area contributed by atoms with Gasteiger partial charge in [0.25, 0.3) is 5.89 Å². The molecular formula is C19H15ClN6O3. The van der Waals surface area contributed by atoms with Crippen molar-refractivity contribution in [1.82, 2.24) is 30.3 Å². The highest BCUT2D eigenvalue weighted by atomic mass is 35.5. The van der Waals surface area contributed by atoms with Crippen molar-refractivity contribution in [2.45, 2.75) is 19.1 Å². The average Bonchev–Trinajstić information content (AvgIpc) is 3.44. The van der Waals surface area contributed by atoms with E-state index in [0.29, 0.717) is 17.3 Å². The van der Waals surface area contributed by atoms with Crippen LogP contribution in [0.5, 0.6) is 0 Å². The van der Waals surface area contributed by atoms with Gasteiger partial charge in [0.05, 0.1) is 0 Å². The molecule has 0 saturated heterocycles. The number of aromatic nitrogens is 6. The summed E-state index contributed by atoms with van der Waals surface area (Å²) in [6.07, 6.45) is 1.75. The van der Waals surface area contributed by atoms with Crippen LogP contribution in [-0.2, 0) is 22.6 Å². The van der Waals surface area contributed by atoms with Gasteiger partial charge < -0.3 is 9.26 Å². The molecule has 0 radical (unpaired) electrons. The van der Waals surface area contributed by atoms with Crippen LogP contribution in [0.15, 0.2) is 65.4 Å². The number of carbonyl (C=O) groups is 1. The molecule has 0 bridgehead atoms. The van der Waals surface area contributed by atoms with Crippen molar-refractivity contribution >= 4 is 17.6 Å². The van der Waals surface area contributed by atoms with Gasteiger partial charge in [0.2, 0.25) is 5.82 Å². The zero-order valence-corrected chi connectivity index (χ0v) is 15.8. The van der Waals surface area contributed by atoms with Gasteiger partial charge in [-0.1, -0.05) is 47.1 Å². The summed E-state index contributed by atoms with van der Waals surface area (Å²) in [6.45, 7) is -0.160. The number of carbonyl (C=O) groups excluding carboxylic acids is 1. The molecule has 4 rings (SSSR count). The van der Waals surface area contributed by atoms with Crippen LogP contribution in [-0.4, -0.2) is 36.3 Å². The molecule has 0 saturated carbocycles. The van der Waals surface area contributed by atoms with Crippen LogP contribution in [0.25, 0.3) is 11.4 Å². The van der Waals surface area contributed by atoms with Crippen molar-refractivity contribution in [2.75, 3.05) is 0 Å². The number of tetrazole rings is 1. The standard InChI is InChI=1S/C19H15ClN6O3/c20-15-8-6-14(7-9-15)18-22-17(29-23-18)11-28-19(27)16(26-12-21-24-25-26)10-13-4-2-1-3-5-13/h1-9,12,16H,10-11H2/t16-/m0/s1. The minimum atomic E-state index is -0.717. The van der Waals surface area contributed by atoms with Crippen LogP contribution in [0.4, 0.5) is 0 Å². The SMILES string of the molecule is O=C(OCc1nc(-c2ccc(Cl)cc2)no1)[C@H](Cc1ccccc1)n1cnnn1. The summed E-state index contributed by atoms with van der Waals surface area (Å²) in [4.78, 5) is 16.9. The fourth-order valence-corrected chi connectivity index (χ4v) is 2.82. The summed E-state index contributed by atoms with van der Waals surface area (Å²) in [5.74, 6) is 0.0555. The Balaban J connectivity index is 1.43. The maximum atomic E-state index is 12.7. The van der Waals surface area contributed by atoms with E-state index in [9.17, 15) is 4.79 Å². The van der Waals surface area contributed by atoms with Crippen LogP contribution in [0.3, 0.4) is 0 Å². The monoisotopic (exact) mass is 410 g/mol. The van der Waals surface area contributed by atoms with Crippen LogP contribution in [0.2, 0.25) is 5.02 Å². The van der Waals surface area contributed by atoms with Gasteiger partial charge in [0.1, 0.15) is 6.33 Å². The molecule has 0 amide bonds. The number of ether oxygens (including phenoxy) is 1. The van der Waals surface area contributed by atoms with Crippen LogP contribution in [0, 0.1) is 0 Å². The van der Waals surface area contributed by atoms with Gasteiger partial charge in [-0.3, -0.25) is 0 Å². The van der Waals surface area contributed by atoms with Crippen molar-refractivity contribution in [3.8, 4) is 11.4 Å². The van der Waals surface area contributed by atoms with Crippen LogP contribution < -0.4 is 0 Å². The lowest BCUT2D eigenvalue weighted by atomic mass is 10.1. The first kappa shape index (κ1) is 18.8. The molecule has 0 fully saturated rings. The highest BCUT2D eigenvalue weighted by Crippen LogP contribution is 2.20. The Morgan fingerprint density at radius 1 is 1.14 bits per heavy atom. The van der Waals surface area contributed by atoms with Gasteiger partial charge in [0, 0.05) is 17.0 Å². The Labute approximate surface area is 170 Å².